The van der Waals surface area contributed by atoms with Crippen molar-refractivity contribution in [1.82, 2.24) is 9.55 Å². The molecule has 0 saturated carbocycles. The second-order valence-corrected chi connectivity index (χ2v) is 4.99. The van der Waals surface area contributed by atoms with E-state index in [1.165, 1.54) is 0 Å². The van der Waals surface area contributed by atoms with Crippen molar-refractivity contribution in [3.05, 3.63) is 11.9 Å². The zero-order valence-corrected chi connectivity index (χ0v) is 11.7. The SMILES string of the molecule is COCCn1cc(C)nc1NCC(C)C(C)C. The summed E-state index contributed by atoms with van der Waals surface area (Å²) in [5, 5.41) is 3.42. The van der Waals surface area contributed by atoms with E-state index < -0.39 is 0 Å². The van der Waals surface area contributed by atoms with Gasteiger partial charge in [0.05, 0.1) is 12.3 Å². The lowest BCUT2D eigenvalue weighted by Crippen LogP contribution is -2.19. The van der Waals surface area contributed by atoms with Crippen LogP contribution in [0.2, 0.25) is 0 Å². The van der Waals surface area contributed by atoms with Crippen LogP contribution >= 0.6 is 0 Å². The number of hydrogen-bond acceptors (Lipinski definition) is 3. The van der Waals surface area contributed by atoms with Gasteiger partial charge >= 0.3 is 0 Å². The monoisotopic (exact) mass is 239 g/mol. The number of nitrogens with zero attached hydrogens (tertiary/aromatic N) is 2. The lowest BCUT2D eigenvalue weighted by atomic mass is 9.98. The Bertz CT molecular complexity index is 333. The molecule has 1 rings (SSSR count). The third-order valence-electron chi connectivity index (χ3n) is 3.15. The van der Waals surface area contributed by atoms with E-state index in [1.807, 2.05) is 6.92 Å². The fraction of sp³-hybridized carbons (Fsp3) is 0.769. The molecule has 1 unspecified atom stereocenters. The van der Waals surface area contributed by atoms with E-state index in [9.17, 15) is 0 Å². The first kappa shape index (κ1) is 14.0. The lowest BCUT2D eigenvalue weighted by Gasteiger charge is -2.17. The highest BCUT2D eigenvalue weighted by atomic mass is 16.5. The Morgan fingerprint density at radius 2 is 2.12 bits per heavy atom. The molecule has 1 N–H and O–H groups in total. The van der Waals surface area contributed by atoms with Crippen molar-refractivity contribution < 1.29 is 4.74 Å². The maximum absolute atomic E-state index is 5.10. The molecule has 0 radical (unpaired) electrons. The van der Waals surface area contributed by atoms with Crippen LogP contribution in [0.5, 0.6) is 0 Å². The number of imidazole rings is 1. The highest BCUT2D eigenvalue weighted by Gasteiger charge is 2.09. The molecule has 0 aliphatic heterocycles. The van der Waals surface area contributed by atoms with Crippen molar-refractivity contribution in [2.75, 3.05) is 25.6 Å². The summed E-state index contributed by atoms with van der Waals surface area (Å²) in [5.74, 6) is 2.28. The third-order valence-corrected chi connectivity index (χ3v) is 3.15. The highest BCUT2D eigenvalue weighted by molar-refractivity contribution is 5.28. The smallest absolute Gasteiger partial charge is 0.203 e. The maximum atomic E-state index is 5.10. The zero-order valence-electron chi connectivity index (χ0n) is 11.7. The van der Waals surface area contributed by atoms with Crippen LogP contribution in [0.3, 0.4) is 0 Å². The topological polar surface area (TPSA) is 39.1 Å². The van der Waals surface area contributed by atoms with Gasteiger partial charge in [-0.1, -0.05) is 20.8 Å². The van der Waals surface area contributed by atoms with Crippen molar-refractivity contribution in [2.24, 2.45) is 11.8 Å². The minimum Gasteiger partial charge on any atom is -0.383 e. The number of aryl methyl sites for hydroxylation is 1. The van der Waals surface area contributed by atoms with Gasteiger partial charge in [0.1, 0.15) is 0 Å². The molecule has 1 atom stereocenters. The predicted octanol–water partition coefficient (Wildman–Crippen LogP) is 2.54. The van der Waals surface area contributed by atoms with Crippen LogP contribution in [0.15, 0.2) is 6.20 Å². The molecule has 98 valence electrons. The molecule has 4 heteroatoms. The standard InChI is InChI=1S/C13H25N3O/c1-10(2)11(3)8-14-13-15-12(4)9-16(13)6-7-17-5/h9-11H,6-8H2,1-5H3,(H,14,15). The molecule has 0 fully saturated rings. The van der Waals surface area contributed by atoms with E-state index in [2.05, 4.69) is 41.8 Å². The summed E-state index contributed by atoms with van der Waals surface area (Å²) in [5.41, 5.74) is 1.04. The number of hydrogen-bond donors (Lipinski definition) is 1. The highest BCUT2D eigenvalue weighted by Crippen LogP contribution is 2.13. The molecular formula is C13H25N3O. The predicted molar refractivity (Wildman–Crippen MR) is 71.3 cm³/mol. The molecule has 17 heavy (non-hydrogen) atoms. The van der Waals surface area contributed by atoms with E-state index in [-0.39, 0.29) is 0 Å². The number of aromatic nitrogens is 2. The summed E-state index contributed by atoms with van der Waals surface area (Å²) >= 11 is 0. The van der Waals surface area contributed by atoms with Gasteiger partial charge < -0.3 is 14.6 Å². The summed E-state index contributed by atoms with van der Waals surface area (Å²) in [4.78, 5) is 4.49. The first-order valence-electron chi connectivity index (χ1n) is 6.31. The minimum absolute atomic E-state index is 0.642. The van der Waals surface area contributed by atoms with Crippen LogP contribution in [-0.2, 0) is 11.3 Å². The second-order valence-electron chi connectivity index (χ2n) is 4.99. The molecule has 0 spiro atoms. The molecule has 1 aromatic heterocycles. The zero-order chi connectivity index (χ0) is 12.8. The number of rotatable bonds is 7. The largest absolute Gasteiger partial charge is 0.383 e. The molecule has 4 nitrogen and oxygen atoms in total. The Balaban J connectivity index is 2.57. The minimum atomic E-state index is 0.642. The van der Waals surface area contributed by atoms with Crippen LogP contribution in [-0.4, -0.2) is 29.8 Å². The van der Waals surface area contributed by atoms with E-state index in [0.29, 0.717) is 18.4 Å². The molecule has 0 bridgehead atoms. The van der Waals surface area contributed by atoms with Gasteiger partial charge in [0.25, 0.3) is 0 Å². The van der Waals surface area contributed by atoms with Gasteiger partial charge in [-0.25, -0.2) is 4.98 Å². The summed E-state index contributed by atoms with van der Waals surface area (Å²) < 4.78 is 7.21. The normalized spacial score (nSPS) is 13.1. The van der Waals surface area contributed by atoms with Gasteiger partial charge in [-0.2, -0.15) is 0 Å². The van der Waals surface area contributed by atoms with Crippen LogP contribution in [0, 0.1) is 18.8 Å². The van der Waals surface area contributed by atoms with Crippen LogP contribution < -0.4 is 5.32 Å². The first-order valence-corrected chi connectivity index (χ1v) is 6.31. The van der Waals surface area contributed by atoms with E-state index in [1.54, 1.807) is 7.11 Å². The van der Waals surface area contributed by atoms with Gasteiger partial charge in [-0.3, -0.25) is 0 Å². The summed E-state index contributed by atoms with van der Waals surface area (Å²) in [6.07, 6.45) is 2.06. The van der Waals surface area contributed by atoms with Gasteiger partial charge in [-0.15, -0.1) is 0 Å². The summed E-state index contributed by atoms with van der Waals surface area (Å²) in [6, 6.07) is 0. The van der Waals surface area contributed by atoms with Crippen molar-refractivity contribution >= 4 is 5.95 Å². The maximum Gasteiger partial charge on any atom is 0.203 e. The molecular weight excluding hydrogens is 214 g/mol. The van der Waals surface area contributed by atoms with Gasteiger partial charge in [0.15, 0.2) is 0 Å². The fourth-order valence-electron chi connectivity index (χ4n) is 1.54. The van der Waals surface area contributed by atoms with Crippen molar-refractivity contribution in [3.8, 4) is 0 Å². The molecule has 0 amide bonds. The Morgan fingerprint density at radius 1 is 1.41 bits per heavy atom. The lowest BCUT2D eigenvalue weighted by molar-refractivity contribution is 0.187. The van der Waals surface area contributed by atoms with Crippen molar-refractivity contribution in [1.29, 1.82) is 0 Å². The average Bonchev–Trinajstić information content (AvgIpc) is 2.63. The molecule has 1 aromatic rings. The number of ether oxygens (including phenoxy) is 1. The van der Waals surface area contributed by atoms with E-state index in [4.69, 9.17) is 4.74 Å². The van der Waals surface area contributed by atoms with Crippen molar-refractivity contribution in [2.45, 2.75) is 34.2 Å². The van der Waals surface area contributed by atoms with Crippen LogP contribution in [0.1, 0.15) is 26.5 Å². The molecule has 1 heterocycles. The van der Waals surface area contributed by atoms with Gasteiger partial charge in [0, 0.05) is 26.4 Å². The quantitative estimate of drug-likeness (QED) is 0.794. The number of methoxy groups -OCH3 is 1. The molecule has 0 aromatic carbocycles. The first-order chi connectivity index (χ1) is 8.04. The Labute approximate surface area is 104 Å². The van der Waals surface area contributed by atoms with Crippen LogP contribution in [0.25, 0.3) is 0 Å². The van der Waals surface area contributed by atoms with Crippen molar-refractivity contribution in [3.63, 3.8) is 0 Å². The van der Waals surface area contributed by atoms with Gasteiger partial charge in [-0.05, 0) is 18.8 Å². The second kappa shape index (κ2) is 6.64. The summed E-state index contributed by atoms with van der Waals surface area (Å²) in [7, 11) is 1.72. The van der Waals surface area contributed by atoms with E-state index in [0.717, 1.165) is 24.7 Å². The number of nitrogens with one attached hydrogen (secondary N) is 1. The van der Waals surface area contributed by atoms with Crippen LogP contribution in [0.4, 0.5) is 5.95 Å². The Kier molecular flexibility index (Phi) is 5.48. The number of anilines is 1. The van der Waals surface area contributed by atoms with Gasteiger partial charge in [0.2, 0.25) is 5.95 Å². The average molecular weight is 239 g/mol. The Morgan fingerprint density at radius 3 is 2.71 bits per heavy atom. The fourth-order valence-corrected chi connectivity index (χ4v) is 1.54. The molecule has 0 aliphatic carbocycles. The molecule has 0 aliphatic rings. The third kappa shape index (κ3) is 4.38. The summed E-state index contributed by atoms with van der Waals surface area (Å²) in [6.45, 7) is 11.3. The molecule has 0 saturated heterocycles. The Hall–Kier alpha value is -1.03. The van der Waals surface area contributed by atoms with E-state index >= 15 is 0 Å².